The van der Waals surface area contributed by atoms with Gasteiger partial charge in [-0.3, -0.25) is 0 Å². The number of H-pyrrole nitrogens is 1. The normalized spacial score (nSPS) is 11.1. The SMILES string of the molecule is Cc1c(CCCN)[nH]c2ccc(F)cc12. The molecule has 2 rings (SSSR count). The highest BCUT2D eigenvalue weighted by molar-refractivity contribution is 5.84. The summed E-state index contributed by atoms with van der Waals surface area (Å²) >= 11 is 0. The molecule has 15 heavy (non-hydrogen) atoms. The number of hydrogen-bond donors (Lipinski definition) is 2. The van der Waals surface area contributed by atoms with Crippen LogP contribution in [0.25, 0.3) is 10.9 Å². The average molecular weight is 206 g/mol. The first-order valence-corrected chi connectivity index (χ1v) is 5.19. The van der Waals surface area contributed by atoms with Crippen molar-refractivity contribution in [3.05, 3.63) is 35.3 Å². The van der Waals surface area contributed by atoms with E-state index in [-0.39, 0.29) is 5.82 Å². The number of benzene rings is 1. The van der Waals surface area contributed by atoms with Crippen LogP contribution in [-0.4, -0.2) is 11.5 Å². The summed E-state index contributed by atoms with van der Waals surface area (Å²) in [7, 11) is 0. The number of aryl methyl sites for hydroxylation is 2. The van der Waals surface area contributed by atoms with Crippen molar-refractivity contribution in [3.8, 4) is 0 Å². The van der Waals surface area contributed by atoms with Crippen molar-refractivity contribution in [3.63, 3.8) is 0 Å². The molecule has 0 atom stereocenters. The topological polar surface area (TPSA) is 41.8 Å². The Morgan fingerprint density at radius 2 is 2.20 bits per heavy atom. The number of rotatable bonds is 3. The molecule has 2 aromatic rings. The summed E-state index contributed by atoms with van der Waals surface area (Å²) in [5.41, 5.74) is 8.78. The van der Waals surface area contributed by atoms with E-state index in [9.17, 15) is 4.39 Å². The van der Waals surface area contributed by atoms with Crippen LogP contribution in [0.1, 0.15) is 17.7 Å². The predicted octanol–water partition coefficient (Wildman–Crippen LogP) is 2.51. The van der Waals surface area contributed by atoms with Gasteiger partial charge >= 0.3 is 0 Å². The molecule has 0 saturated heterocycles. The van der Waals surface area contributed by atoms with Gasteiger partial charge in [-0.05, 0) is 50.1 Å². The molecule has 1 heterocycles. The smallest absolute Gasteiger partial charge is 0.123 e. The second-order valence-corrected chi connectivity index (χ2v) is 3.81. The Balaban J connectivity index is 2.45. The third kappa shape index (κ3) is 1.88. The van der Waals surface area contributed by atoms with Crippen molar-refractivity contribution < 1.29 is 4.39 Å². The molecule has 0 saturated carbocycles. The quantitative estimate of drug-likeness (QED) is 0.796. The van der Waals surface area contributed by atoms with E-state index in [2.05, 4.69) is 4.98 Å². The largest absolute Gasteiger partial charge is 0.358 e. The minimum atomic E-state index is -0.185. The standard InChI is InChI=1S/C12H15FN2/c1-8-10-7-9(13)4-5-12(10)15-11(8)3-2-6-14/h4-5,7,15H,2-3,6,14H2,1H3. The van der Waals surface area contributed by atoms with E-state index >= 15 is 0 Å². The summed E-state index contributed by atoms with van der Waals surface area (Å²) in [6.45, 7) is 2.70. The monoisotopic (exact) mass is 206 g/mol. The summed E-state index contributed by atoms with van der Waals surface area (Å²) < 4.78 is 13.0. The number of halogens is 1. The maximum Gasteiger partial charge on any atom is 0.123 e. The van der Waals surface area contributed by atoms with Crippen LogP contribution in [-0.2, 0) is 6.42 Å². The van der Waals surface area contributed by atoms with E-state index in [1.807, 2.05) is 6.92 Å². The Bertz CT molecular complexity index is 474. The van der Waals surface area contributed by atoms with Crippen LogP contribution in [0, 0.1) is 12.7 Å². The summed E-state index contributed by atoms with van der Waals surface area (Å²) in [6, 6.07) is 4.84. The lowest BCUT2D eigenvalue weighted by Gasteiger charge is -1.97. The lowest BCUT2D eigenvalue weighted by Crippen LogP contribution is -2.01. The number of aromatic amines is 1. The van der Waals surface area contributed by atoms with E-state index in [1.165, 1.54) is 11.8 Å². The zero-order chi connectivity index (χ0) is 10.8. The first kappa shape index (κ1) is 10.2. The van der Waals surface area contributed by atoms with Gasteiger partial charge < -0.3 is 10.7 Å². The van der Waals surface area contributed by atoms with Gasteiger partial charge in [0.15, 0.2) is 0 Å². The van der Waals surface area contributed by atoms with E-state index in [4.69, 9.17) is 5.73 Å². The van der Waals surface area contributed by atoms with Crippen molar-refractivity contribution in [1.82, 2.24) is 4.98 Å². The maximum atomic E-state index is 13.0. The van der Waals surface area contributed by atoms with E-state index < -0.39 is 0 Å². The Kier molecular flexibility index (Phi) is 2.73. The molecule has 0 bridgehead atoms. The molecular formula is C12H15FN2. The number of nitrogens with one attached hydrogen (secondary N) is 1. The molecule has 0 aliphatic rings. The summed E-state index contributed by atoms with van der Waals surface area (Å²) in [4.78, 5) is 3.30. The lowest BCUT2D eigenvalue weighted by molar-refractivity contribution is 0.629. The molecule has 0 aliphatic carbocycles. The van der Waals surface area contributed by atoms with Crippen LogP contribution >= 0.6 is 0 Å². The number of fused-ring (bicyclic) bond motifs is 1. The average Bonchev–Trinajstić information content (AvgIpc) is 2.53. The Morgan fingerprint density at radius 3 is 2.93 bits per heavy atom. The third-order valence-electron chi connectivity index (χ3n) is 2.75. The zero-order valence-electron chi connectivity index (χ0n) is 8.81. The van der Waals surface area contributed by atoms with Gasteiger partial charge in [-0.1, -0.05) is 0 Å². The Morgan fingerprint density at radius 1 is 1.40 bits per heavy atom. The van der Waals surface area contributed by atoms with E-state index in [1.54, 1.807) is 12.1 Å². The minimum absolute atomic E-state index is 0.185. The van der Waals surface area contributed by atoms with Crippen LogP contribution in [0.3, 0.4) is 0 Å². The Labute approximate surface area is 88.3 Å². The highest BCUT2D eigenvalue weighted by Crippen LogP contribution is 2.23. The van der Waals surface area contributed by atoms with Crippen LogP contribution in [0.5, 0.6) is 0 Å². The number of nitrogens with two attached hydrogens (primary N) is 1. The predicted molar refractivity (Wildman–Crippen MR) is 60.4 cm³/mol. The molecule has 1 aromatic heterocycles. The second-order valence-electron chi connectivity index (χ2n) is 3.81. The maximum absolute atomic E-state index is 13.0. The van der Waals surface area contributed by atoms with Gasteiger partial charge in [0.1, 0.15) is 5.82 Å². The van der Waals surface area contributed by atoms with Gasteiger partial charge in [-0.25, -0.2) is 4.39 Å². The first-order valence-electron chi connectivity index (χ1n) is 5.19. The molecule has 1 aromatic carbocycles. The van der Waals surface area contributed by atoms with Crippen molar-refractivity contribution in [2.24, 2.45) is 5.73 Å². The summed E-state index contributed by atoms with van der Waals surface area (Å²) in [5, 5.41) is 0.974. The van der Waals surface area contributed by atoms with Gasteiger partial charge in [0, 0.05) is 16.6 Å². The highest BCUT2D eigenvalue weighted by Gasteiger charge is 2.07. The van der Waals surface area contributed by atoms with Crippen LogP contribution < -0.4 is 5.73 Å². The van der Waals surface area contributed by atoms with Crippen LogP contribution in [0.4, 0.5) is 4.39 Å². The molecule has 0 aliphatic heterocycles. The molecule has 3 heteroatoms. The fourth-order valence-electron chi connectivity index (χ4n) is 1.88. The highest BCUT2D eigenvalue weighted by atomic mass is 19.1. The fourth-order valence-corrected chi connectivity index (χ4v) is 1.88. The van der Waals surface area contributed by atoms with Gasteiger partial charge in [-0.15, -0.1) is 0 Å². The molecule has 0 unspecified atom stereocenters. The van der Waals surface area contributed by atoms with Crippen molar-refractivity contribution in [2.75, 3.05) is 6.54 Å². The molecule has 0 amide bonds. The van der Waals surface area contributed by atoms with Gasteiger partial charge in [0.25, 0.3) is 0 Å². The third-order valence-corrected chi connectivity index (χ3v) is 2.75. The van der Waals surface area contributed by atoms with Crippen LogP contribution in [0.2, 0.25) is 0 Å². The van der Waals surface area contributed by atoms with Gasteiger partial charge in [-0.2, -0.15) is 0 Å². The van der Waals surface area contributed by atoms with Crippen LogP contribution in [0.15, 0.2) is 18.2 Å². The summed E-state index contributed by atoms with van der Waals surface area (Å²) in [5.74, 6) is -0.185. The second kappa shape index (κ2) is 4.03. The molecule has 0 radical (unpaired) electrons. The number of aromatic nitrogens is 1. The zero-order valence-corrected chi connectivity index (χ0v) is 8.81. The molecular weight excluding hydrogens is 191 g/mol. The lowest BCUT2D eigenvalue weighted by atomic mass is 10.1. The molecule has 80 valence electrons. The minimum Gasteiger partial charge on any atom is -0.358 e. The number of hydrogen-bond acceptors (Lipinski definition) is 1. The first-order chi connectivity index (χ1) is 7.22. The molecule has 0 fully saturated rings. The van der Waals surface area contributed by atoms with Crippen molar-refractivity contribution in [1.29, 1.82) is 0 Å². The van der Waals surface area contributed by atoms with E-state index in [0.717, 1.165) is 29.3 Å². The van der Waals surface area contributed by atoms with Crippen molar-refractivity contribution >= 4 is 10.9 Å². The van der Waals surface area contributed by atoms with Gasteiger partial charge in [0.05, 0.1) is 0 Å². The Hall–Kier alpha value is -1.35. The van der Waals surface area contributed by atoms with Gasteiger partial charge in [0.2, 0.25) is 0 Å². The van der Waals surface area contributed by atoms with Crippen molar-refractivity contribution in [2.45, 2.75) is 19.8 Å². The van der Waals surface area contributed by atoms with E-state index in [0.29, 0.717) is 6.54 Å². The molecule has 2 nitrogen and oxygen atoms in total. The molecule has 0 spiro atoms. The summed E-state index contributed by atoms with van der Waals surface area (Å²) in [6.07, 6.45) is 1.88. The molecule has 3 N–H and O–H groups in total. The fraction of sp³-hybridized carbons (Fsp3) is 0.333.